The van der Waals surface area contributed by atoms with Crippen LogP contribution in [0.1, 0.15) is 37.9 Å². The quantitative estimate of drug-likeness (QED) is 0.359. The van der Waals surface area contributed by atoms with Crippen LogP contribution in [0.2, 0.25) is 0 Å². The van der Waals surface area contributed by atoms with Crippen molar-refractivity contribution in [3.05, 3.63) is 82.6 Å². The van der Waals surface area contributed by atoms with Gasteiger partial charge in [0.2, 0.25) is 5.91 Å². The van der Waals surface area contributed by atoms with Crippen molar-refractivity contribution in [2.75, 3.05) is 24.5 Å². The maximum absolute atomic E-state index is 15.8. The van der Waals surface area contributed by atoms with E-state index < -0.39 is 17.3 Å². The van der Waals surface area contributed by atoms with E-state index in [1.807, 2.05) is 32.6 Å². The Balaban J connectivity index is 1.82. The van der Waals surface area contributed by atoms with Crippen molar-refractivity contribution < 1.29 is 18.7 Å². The number of carbonyl (C=O) groups is 1. The zero-order chi connectivity index (χ0) is 29.6. The lowest BCUT2D eigenvalue weighted by atomic mass is 10.0. The van der Waals surface area contributed by atoms with Crippen molar-refractivity contribution in [2.24, 2.45) is 0 Å². The summed E-state index contributed by atoms with van der Waals surface area (Å²) in [5.74, 6) is -1.97. The number of amides is 1. The highest BCUT2D eigenvalue weighted by molar-refractivity contribution is 5.91. The van der Waals surface area contributed by atoms with Crippen LogP contribution in [-0.2, 0) is 4.79 Å². The van der Waals surface area contributed by atoms with Crippen molar-refractivity contribution >= 4 is 22.8 Å². The van der Waals surface area contributed by atoms with E-state index >= 15 is 4.39 Å². The second kappa shape index (κ2) is 10.7. The number of fused-ring (bicyclic) bond motifs is 1. The van der Waals surface area contributed by atoms with Gasteiger partial charge in [-0.25, -0.2) is 23.1 Å². The molecule has 212 valence electrons. The normalized spacial score (nSPS) is 15.5. The molecule has 4 heterocycles. The number of hydrogen-bond acceptors (Lipinski definition) is 7. The third-order valence-corrected chi connectivity index (χ3v) is 7.32. The number of phenolic OH excluding ortho intramolecular Hbond substituents is 1. The minimum atomic E-state index is -0.852. The molecule has 4 aromatic rings. The predicted octanol–water partition coefficient (Wildman–Crippen LogP) is 4.48. The highest BCUT2D eigenvalue weighted by Crippen LogP contribution is 2.34. The zero-order valence-corrected chi connectivity index (χ0v) is 23.2. The van der Waals surface area contributed by atoms with Gasteiger partial charge in [0.05, 0.1) is 16.8 Å². The van der Waals surface area contributed by atoms with Gasteiger partial charge < -0.3 is 14.9 Å². The van der Waals surface area contributed by atoms with Gasteiger partial charge in [-0.3, -0.25) is 9.78 Å². The molecule has 0 unspecified atom stereocenters. The Hall–Kier alpha value is -4.67. The van der Waals surface area contributed by atoms with Crippen LogP contribution in [0, 0.1) is 18.6 Å². The molecule has 0 radical (unpaired) electrons. The number of benzene rings is 1. The molecular formula is C30H30F2N6O3. The molecule has 1 atom stereocenters. The largest absolute Gasteiger partial charge is 0.508 e. The average molecular weight is 561 g/mol. The highest BCUT2D eigenvalue weighted by Gasteiger charge is 2.30. The lowest BCUT2D eigenvalue weighted by Crippen LogP contribution is -2.54. The first-order chi connectivity index (χ1) is 19.5. The monoisotopic (exact) mass is 560 g/mol. The fourth-order valence-electron chi connectivity index (χ4n) is 5.30. The standard InChI is InChI=1S/C30H30F2N6O3/c1-6-24(40)36-11-12-37(18(5)15-36)28-21-14-23(32)26(20-13-19(39)7-8-22(20)31)34-29(21)38(30(41)35-28)27-17(4)9-10-33-25(27)16(2)3/h6-10,13-14,16,18,39H,1,11-12,15H2,2-5H3/t18-/m0/s1. The number of rotatable bonds is 5. The van der Waals surface area contributed by atoms with Crippen LogP contribution >= 0.6 is 0 Å². The molecule has 5 rings (SSSR count). The number of aromatic hydroxyl groups is 1. The van der Waals surface area contributed by atoms with Crippen LogP contribution in [0.4, 0.5) is 14.6 Å². The van der Waals surface area contributed by atoms with Crippen molar-refractivity contribution in [3.63, 3.8) is 0 Å². The second-order valence-electron chi connectivity index (χ2n) is 10.5. The Morgan fingerprint density at radius 1 is 1.15 bits per heavy atom. The lowest BCUT2D eigenvalue weighted by molar-refractivity contribution is -0.126. The molecule has 1 amide bonds. The van der Waals surface area contributed by atoms with Crippen LogP contribution in [0.3, 0.4) is 0 Å². The average Bonchev–Trinajstić information content (AvgIpc) is 2.94. The molecule has 1 aromatic carbocycles. The third kappa shape index (κ3) is 4.92. The summed E-state index contributed by atoms with van der Waals surface area (Å²) in [4.78, 5) is 43.0. The van der Waals surface area contributed by atoms with Gasteiger partial charge in [-0.05, 0) is 61.7 Å². The number of carbonyl (C=O) groups excluding carboxylic acids is 1. The summed E-state index contributed by atoms with van der Waals surface area (Å²) in [7, 11) is 0. The number of phenols is 1. The summed E-state index contributed by atoms with van der Waals surface area (Å²) in [6, 6.07) is 5.94. The van der Waals surface area contributed by atoms with Crippen molar-refractivity contribution in [2.45, 2.75) is 39.7 Å². The molecule has 1 aliphatic heterocycles. The Bertz CT molecular complexity index is 1750. The Kier molecular flexibility index (Phi) is 7.29. The van der Waals surface area contributed by atoms with Gasteiger partial charge in [0.1, 0.15) is 28.9 Å². The minimum Gasteiger partial charge on any atom is -0.508 e. The number of aromatic nitrogens is 4. The van der Waals surface area contributed by atoms with Gasteiger partial charge >= 0.3 is 5.69 Å². The minimum absolute atomic E-state index is 0.0638. The number of pyridine rings is 2. The Labute approximate surface area is 235 Å². The Morgan fingerprint density at radius 3 is 2.59 bits per heavy atom. The van der Waals surface area contributed by atoms with Crippen LogP contribution in [0.15, 0.2) is 54.0 Å². The fourth-order valence-corrected chi connectivity index (χ4v) is 5.30. The maximum atomic E-state index is 15.8. The molecule has 3 aromatic heterocycles. The molecule has 0 aliphatic carbocycles. The van der Waals surface area contributed by atoms with Crippen LogP contribution in [0.25, 0.3) is 28.0 Å². The van der Waals surface area contributed by atoms with Gasteiger partial charge in [0.25, 0.3) is 0 Å². The van der Waals surface area contributed by atoms with Crippen LogP contribution < -0.4 is 10.6 Å². The molecular weight excluding hydrogens is 530 g/mol. The number of aryl methyl sites for hydroxylation is 1. The van der Waals surface area contributed by atoms with Gasteiger partial charge in [-0.15, -0.1) is 0 Å². The molecule has 1 aliphatic rings. The first kappa shape index (κ1) is 27.9. The summed E-state index contributed by atoms with van der Waals surface area (Å²) in [5, 5.41) is 10.2. The molecule has 41 heavy (non-hydrogen) atoms. The summed E-state index contributed by atoms with van der Waals surface area (Å²) in [6.07, 6.45) is 2.90. The van der Waals surface area contributed by atoms with E-state index in [1.54, 1.807) is 17.2 Å². The topological polar surface area (TPSA) is 104 Å². The number of piperazine rings is 1. The smallest absolute Gasteiger partial charge is 0.355 e. The number of anilines is 1. The molecule has 1 saturated heterocycles. The highest BCUT2D eigenvalue weighted by atomic mass is 19.1. The summed E-state index contributed by atoms with van der Waals surface area (Å²) < 4.78 is 31.9. The van der Waals surface area contributed by atoms with Gasteiger partial charge in [-0.1, -0.05) is 20.4 Å². The third-order valence-electron chi connectivity index (χ3n) is 7.32. The summed E-state index contributed by atoms with van der Waals surface area (Å²) in [6.45, 7) is 12.2. The summed E-state index contributed by atoms with van der Waals surface area (Å²) >= 11 is 0. The number of nitrogens with zero attached hydrogens (tertiary/aromatic N) is 6. The van der Waals surface area contributed by atoms with Gasteiger partial charge in [0.15, 0.2) is 5.65 Å². The molecule has 11 heteroatoms. The van der Waals surface area contributed by atoms with E-state index in [-0.39, 0.29) is 51.7 Å². The van der Waals surface area contributed by atoms with E-state index in [0.717, 1.165) is 23.8 Å². The fraction of sp³-hybridized carbons (Fsp3) is 0.300. The first-order valence-electron chi connectivity index (χ1n) is 13.3. The molecule has 0 bridgehead atoms. The molecule has 0 saturated carbocycles. The maximum Gasteiger partial charge on any atom is 0.355 e. The molecule has 1 fully saturated rings. The van der Waals surface area contributed by atoms with Gasteiger partial charge in [0, 0.05) is 37.4 Å². The lowest BCUT2D eigenvalue weighted by Gasteiger charge is -2.40. The molecule has 0 spiro atoms. The van der Waals surface area contributed by atoms with E-state index in [9.17, 15) is 19.1 Å². The van der Waals surface area contributed by atoms with Gasteiger partial charge in [-0.2, -0.15) is 4.98 Å². The van der Waals surface area contributed by atoms with Crippen LogP contribution in [0.5, 0.6) is 5.75 Å². The predicted molar refractivity (Wildman–Crippen MR) is 152 cm³/mol. The van der Waals surface area contributed by atoms with E-state index in [0.29, 0.717) is 31.0 Å². The Morgan fingerprint density at radius 2 is 1.90 bits per heavy atom. The van der Waals surface area contributed by atoms with E-state index in [1.165, 1.54) is 16.7 Å². The van der Waals surface area contributed by atoms with Crippen molar-refractivity contribution in [3.8, 4) is 22.7 Å². The molecule has 1 N–H and O–H groups in total. The van der Waals surface area contributed by atoms with Crippen molar-refractivity contribution in [1.82, 2.24) is 24.4 Å². The number of hydrogen-bond donors (Lipinski definition) is 1. The number of halogens is 2. The van der Waals surface area contributed by atoms with Crippen molar-refractivity contribution in [1.29, 1.82) is 0 Å². The molecule has 9 nitrogen and oxygen atoms in total. The summed E-state index contributed by atoms with van der Waals surface area (Å²) in [5.41, 5.74) is 0.592. The van der Waals surface area contributed by atoms with E-state index in [4.69, 9.17) is 0 Å². The second-order valence-corrected chi connectivity index (χ2v) is 10.5. The SMILES string of the molecule is C=CC(=O)N1CCN(c2nc(=O)n(-c3c(C)ccnc3C(C)C)c3nc(-c4cc(O)ccc4F)c(F)cc23)[C@@H](C)C1. The van der Waals surface area contributed by atoms with Crippen LogP contribution in [-0.4, -0.2) is 61.1 Å². The van der Waals surface area contributed by atoms with E-state index in [2.05, 4.69) is 21.5 Å². The zero-order valence-electron chi connectivity index (χ0n) is 23.2. The first-order valence-corrected chi connectivity index (χ1v) is 13.3.